The summed E-state index contributed by atoms with van der Waals surface area (Å²) in [6, 6.07) is 11.4. The molecule has 0 spiro atoms. The van der Waals surface area contributed by atoms with Gasteiger partial charge < -0.3 is 15.0 Å². The van der Waals surface area contributed by atoms with Gasteiger partial charge in [0.05, 0.1) is 12.7 Å². The number of carbonyl (C=O) groups excluding carboxylic acids is 1. The highest BCUT2D eigenvalue weighted by molar-refractivity contribution is 9.10. The quantitative estimate of drug-likeness (QED) is 0.739. The van der Waals surface area contributed by atoms with Crippen molar-refractivity contribution in [3.05, 3.63) is 57.0 Å². The number of carbonyl (C=O) groups is 1. The van der Waals surface area contributed by atoms with Crippen molar-refractivity contribution in [2.75, 3.05) is 31.6 Å². The highest BCUT2D eigenvalue weighted by Crippen LogP contribution is 2.29. The molecular formula is C20H22BrClN2O2. The molecule has 0 aliphatic carbocycles. The normalized spacial score (nSPS) is 16.6. The van der Waals surface area contributed by atoms with E-state index in [0.717, 1.165) is 29.0 Å². The van der Waals surface area contributed by atoms with Gasteiger partial charge in [-0.25, -0.2) is 0 Å². The minimum absolute atomic E-state index is 0.0897. The van der Waals surface area contributed by atoms with Crippen LogP contribution in [0.1, 0.15) is 22.3 Å². The van der Waals surface area contributed by atoms with Crippen molar-refractivity contribution in [3.63, 3.8) is 0 Å². The summed E-state index contributed by atoms with van der Waals surface area (Å²) in [4.78, 5) is 14.9. The number of hydrogen-bond donors (Lipinski definition) is 1. The lowest BCUT2D eigenvalue weighted by molar-refractivity contribution is 0.0947. The second-order valence-corrected chi connectivity index (χ2v) is 7.88. The molecule has 1 aliphatic heterocycles. The number of anilines is 1. The van der Waals surface area contributed by atoms with E-state index in [4.69, 9.17) is 16.3 Å². The third-order valence-corrected chi connectivity index (χ3v) is 5.69. The number of nitrogens with zero attached hydrogens (tertiary/aromatic N) is 1. The molecule has 1 unspecified atom stereocenters. The highest BCUT2D eigenvalue weighted by atomic mass is 79.9. The van der Waals surface area contributed by atoms with Gasteiger partial charge in [-0.05, 0) is 71.1 Å². The highest BCUT2D eigenvalue weighted by Gasteiger charge is 2.24. The molecular weight excluding hydrogens is 416 g/mol. The van der Waals surface area contributed by atoms with Crippen LogP contribution in [0.15, 0.2) is 40.9 Å². The monoisotopic (exact) mass is 436 g/mol. The molecule has 1 atom stereocenters. The van der Waals surface area contributed by atoms with Gasteiger partial charge in [0, 0.05) is 34.8 Å². The molecule has 1 N–H and O–H groups in total. The molecule has 1 aliphatic rings. The first-order valence-corrected chi connectivity index (χ1v) is 9.78. The van der Waals surface area contributed by atoms with Crippen molar-refractivity contribution in [2.45, 2.75) is 13.3 Å². The van der Waals surface area contributed by atoms with Gasteiger partial charge >= 0.3 is 0 Å². The molecule has 4 nitrogen and oxygen atoms in total. The van der Waals surface area contributed by atoms with Crippen molar-refractivity contribution in [3.8, 4) is 5.75 Å². The zero-order valence-electron chi connectivity index (χ0n) is 14.9. The minimum Gasteiger partial charge on any atom is -0.497 e. The first-order valence-electron chi connectivity index (χ1n) is 8.60. The molecule has 26 heavy (non-hydrogen) atoms. The Morgan fingerprint density at radius 1 is 1.35 bits per heavy atom. The first-order chi connectivity index (χ1) is 12.5. The topological polar surface area (TPSA) is 41.6 Å². The Kier molecular flexibility index (Phi) is 6.09. The van der Waals surface area contributed by atoms with Crippen LogP contribution in [0, 0.1) is 12.8 Å². The molecule has 2 aromatic carbocycles. The summed E-state index contributed by atoms with van der Waals surface area (Å²) in [6.45, 7) is 4.64. The molecule has 6 heteroatoms. The largest absolute Gasteiger partial charge is 0.497 e. The van der Waals surface area contributed by atoms with Crippen molar-refractivity contribution in [1.29, 1.82) is 0 Å². The third-order valence-electron chi connectivity index (χ3n) is 4.77. The van der Waals surface area contributed by atoms with Gasteiger partial charge in [0.25, 0.3) is 5.91 Å². The SMILES string of the molecule is COc1ccc(Br)c(C(=O)NCC2CCN(c3cc(Cl)ccc3C)C2)c1. The molecule has 0 aromatic heterocycles. The Balaban J connectivity index is 1.59. The summed E-state index contributed by atoms with van der Waals surface area (Å²) in [5.74, 6) is 0.997. The van der Waals surface area contributed by atoms with E-state index in [-0.39, 0.29) is 5.91 Å². The zero-order valence-corrected chi connectivity index (χ0v) is 17.2. The summed E-state index contributed by atoms with van der Waals surface area (Å²) in [6.07, 6.45) is 1.05. The van der Waals surface area contributed by atoms with Crippen LogP contribution in [0.2, 0.25) is 5.02 Å². The van der Waals surface area contributed by atoms with Crippen LogP contribution in [-0.4, -0.2) is 32.7 Å². The maximum atomic E-state index is 12.5. The van der Waals surface area contributed by atoms with E-state index in [1.807, 2.05) is 30.3 Å². The van der Waals surface area contributed by atoms with Crippen LogP contribution in [0.3, 0.4) is 0 Å². The van der Waals surface area contributed by atoms with Gasteiger partial charge in [-0.3, -0.25) is 4.79 Å². The minimum atomic E-state index is -0.0897. The van der Waals surface area contributed by atoms with Gasteiger partial charge in [-0.2, -0.15) is 0 Å². The fourth-order valence-electron chi connectivity index (χ4n) is 3.28. The molecule has 2 aromatic rings. The average Bonchev–Trinajstić information content (AvgIpc) is 3.11. The Morgan fingerprint density at radius 2 is 2.15 bits per heavy atom. The van der Waals surface area contributed by atoms with Gasteiger partial charge in [-0.15, -0.1) is 0 Å². The molecule has 1 saturated heterocycles. The Morgan fingerprint density at radius 3 is 2.92 bits per heavy atom. The number of rotatable bonds is 5. The van der Waals surface area contributed by atoms with E-state index in [1.165, 1.54) is 11.3 Å². The van der Waals surface area contributed by atoms with Crippen molar-refractivity contribution >= 4 is 39.1 Å². The van der Waals surface area contributed by atoms with Crippen LogP contribution in [0.25, 0.3) is 0 Å². The lowest BCUT2D eigenvalue weighted by Gasteiger charge is -2.21. The number of amides is 1. The number of halogens is 2. The predicted molar refractivity (Wildman–Crippen MR) is 110 cm³/mol. The first kappa shape index (κ1) is 19.1. The molecule has 0 saturated carbocycles. The molecule has 0 bridgehead atoms. The van der Waals surface area contributed by atoms with Gasteiger partial charge in [0.1, 0.15) is 5.75 Å². The van der Waals surface area contributed by atoms with E-state index in [9.17, 15) is 4.79 Å². The number of nitrogens with one attached hydrogen (secondary N) is 1. The third kappa shape index (κ3) is 4.33. The number of hydrogen-bond acceptors (Lipinski definition) is 3. The van der Waals surface area contributed by atoms with E-state index in [1.54, 1.807) is 13.2 Å². The van der Waals surface area contributed by atoms with Crippen molar-refractivity contribution in [2.24, 2.45) is 5.92 Å². The number of aryl methyl sites for hydroxylation is 1. The predicted octanol–water partition coefficient (Wildman–Crippen LogP) is 4.68. The zero-order chi connectivity index (χ0) is 18.7. The maximum absolute atomic E-state index is 12.5. The Labute approximate surface area is 167 Å². The fourth-order valence-corrected chi connectivity index (χ4v) is 3.87. The molecule has 0 radical (unpaired) electrons. The van der Waals surface area contributed by atoms with Gasteiger partial charge in [0.15, 0.2) is 0 Å². The van der Waals surface area contributed by atoms with Crippen molar-refractivity contribution < 1.29 is 9.53 Å². The molecule has 1 heterocycles. The number of ether oxygens (including phenoxy) is 1. The van der Waals surface area contributed by atoms with Crippen LogP contribution in [0.4, 0.5) is 5.69 Å². The smallest absolute Gasteiger partial charge is 0.252 e. The molecule has 3 rings (SSSR count). The molecule has 1 fully saturated rings. The van der Waals surface area contributed by atoms with Crippen molar-refractivity contribution in [1.82, 2.24) is 5.32 Å². The second-order valence-electron chi connectivity index (χ2n) is 6.59. The van der Waals surface area contributed by atoms with Gasteiger partial charge in [0.2, 0.25) is 0 Å². The lowest BCUT2D eigenvalue weighted by Crippen LogP contribution is -2.31. The Hall–Kier alpha value is -1.72. The van der Waals surface area contributed by atoms with Crippen LogP contribution in [-0.2, 0) is 0 Å². The molecule has 138 valence electrons. The van der Waals surface area contributed by atoms with Crippen LogP contribution < -0.4 is 15.0 Å². The molecule has 1 amide bonds. The van der Waals surface area contributed by atoms with E-state index in [2.05, 4.69) is 33.1 Å². The number of benzene rings is 2. The second kappa shape index (κ2) is 8.31. The summed E-state index contributed by atoms with van der Waals surface area (Å²) in [5, 5.41) is 3.81. The lowest BCUT2D eigenvalue weighted by atomic mass is 10.1. The van der Waals surface area contributed by atoms with E-state index < -0.39 is 0 Å². The van der Waals surface area contributed by atoms with Gasteiger partial charge in [-0.1, -0.05) is 17.7 Å². The average molecular weight is 438 g/mol. The van der Waals surface area contributed by atoms with Crippen LogP contribution >= 0.6 is 27.5 Å². The number of methoxy groups -OCH3 is 1. The summed E-state index contributed by atoms with van der Waals surface area (Å²) >= 11 is 9.57. The van der Waals surface area contributed by atoms with E-state index in [0.29, 0.717) is 23.8 Å². The van der Waals surface area contributed by atoms with Crippen LogP contribution in [0.5, 0.6) is 5.75 Å². The standard InChI is InChI=1S/C20H22BrClN2O2/c1-13-3-4-15(22)9-19(13)24-8-7-14(12-24)11-23-20(25)17-10-16(26-2)5-6-18(17)21/h3-6,9-10,14H,7-8,11-12H2,1-2H3,(H,23,25). The summed E-state index contributed by atoms with van der Waals surface area (Å²) < 4.78 is 5.97. The Bertz CT molecular complexity index is 812. The fraction of sp³-hybridized carbons (Fsp3) is 0.350. The summed E-state index contributed by atoms with van der Waals surface area (Å²) in [7, 11) is 1.59. The van der Waals surface area contributed by atoms with E-state index >= 15 is 0 Å². The summed E-state index contributed by atoms with van der Waals surface area (Å²) in [5.41, 5.74) is 2.99. The maximum Gasteiger partial charge on any atom is 0.252 e.